The Kier molecular flexibility index (Phi) is 4.45. The zero-order chi connectivity index (χ0) is 10.4. The van der Waals surface area contributed by atoms with Crippen LogP contribution < -0.4 is 15.6 Å². The monoisotopic (exact) mass is 188 g/mol. The molecule has 0 rings (SSSR count). The first-order valence-corrected chi connectivity index (χ1v) is 3.33. The van der Waals surface area contributed by atoms with E-state index in [9.17, 15) is 24.6 Å². The van der Waals surface area contributed by atoms with Gasteiger partial charge < -0.3 is 19.8 Å². The Morgan fingerprint density at radius 1 is 1.15 bits per heavy atom. The van der Waals surface area contributed by atoms with E-state index in [-0.39, 0.29) is 0 Å². The Morgan fingerprint density at radius 2 is 1.54 bits per heavy atom. The molecule has 0 heterocycles. The largest absolute Gasteiger partial charge is 0.549 e. The van der Waals surface area contributed by atoms with Crippen molar-refractivity contribution in [3.05, 3.63) is 0 Å². The smallest absolute Gasteiger partial charge is 0.231 e. The SMILES string of the molecule is CC(=O)NN(CC(=O)[O-])CC(=O)[O-]. The molecular weight excluding hydrogens is 180 g/mol. The van der Waals surface area contributed by atoms with E-state index in [0.717, 1.165) is 6.92 Å². The molecule has 0 aromatic heterocycles. The number of aliphatic carboxylic acids is 2. The molecule has 0 saturated heterocycles. The molecule has 7 nitrogen and oxygen atoms in total. The maximum absolute atomic E-state index is 10.4. The number of carboxylic acids is 2. The van der Waals surface area contributed by atoms with Crippen LogP contribution in [0.1, 0.15) is 6.92 Å². The third kappa shape index (κ3) is 6.76. The highest BCUT2D eigenvalue weighted by molar-refractivity contribution is 5.75. The van der Waals surface area contributed by atoms with Gasteiger partial charge in [0.2, 0.25) is 5.91 Å². The van der Waals surface area contributed by atoms with Gasteiger partial charge in [0.25, 0.3) is 0 Å². The van der Waals surface area contributed by atoms with E-state index in [0.29, 0.717) is 5.01 Å². The molecule has 1 N–H and O–H groups in total. The van der Waals surface area contributed by atoms with E-state index in [1.807, 2.05) is 5.43 Å². The molecule has 13 heavy (non-hydrogen) atoms. The lowest BCUT2D eigenvalue weighted by Gasteiger charge is -2.22. The molecule has 0 radical (unpaired) electrons. The van der Waals surface area contributed by atoms with Crippen molar-refractivity contribution in [3.63, 3.8) is 0 Å². The second kappa shape index (κ2) is 5.09. The van der Waals surface area contributed by atoms with Gasteiger partial charge in [-0.1, -0.05) is 0 Å². The van der Waals surface area contributed by atoms with Gasteiger partial charge in [0, 0.05) is 6.92 Å². The summed E-state index contributed by atoms with van der Waals surface area (Å²) in [4.78, 5) is 30.5. The zero-order valence-corrected chi connectivity index (χ0v) is 6.90. The van der Waals surface area contributed by atoms with Crippen LogP contribution in [0.25, 0.3) is 0 Å². The van der Waals surface area contributed by atoms with Crippen molar-refractivity contribution in [2.24, 2.45) is 0 Å². The average Bonchev–Trinajstić information content (AvgIpc) is 1.80. The third-order valence-corrected chi connectivity index (χ3v) is 0.955. The third-order valence-electron chi connectivity index (χ3n) is 0.955. The first-order valence-electron chi connectivity index (χ1n) is 3.33. The minimum atomic E-state index is -1.49. The van der Waals surface area contributed by atoms with Crippen LogP contribution in [0.2, 0.25) is 0 Å². The number of hydrazine groups is 1. The van der Waals surface area contributed by atoms with Crippen LogP contribution in [0.3, 0.4) is 0 Å². The summed E-state index contributed by atoms with van der Waals surface area (Å²) in [5.74, 6) is -3.55. The van der Waals surface area contributed by atoms with E-state index >= 15 is 0 Å². The van der Waals surface area contributed by atoms with Crippen molar-refractivity contribution >= 4 is 17.8 Å². The second-order valence-electron chi connectivity index (χ2n) is 2.27. The van der Waals surface area contributed by atoms with E-state index in [1.54, 1.807) is 0 Å². The number of nitrogens with zero attached hydrogens (tertiary/aromatic N) is 1. The molecule has 0 aromatic carbocycles. The van der Waals surface area contributed by atoms with Crippen LogP contribution in [0.15, 0.2) is 0 Å². The molecule has 0 bridgehead atoms. The summed E-state index contributed by atoms with van der Waals surface area (Å²) < 4.78 is 0. The van der Waals surface area contributed by atoms with E-state index < -0.39 is 30.9 Å². The lowest BCUT2D eigenvalue weighted by molar-refractivity contribution is -0.311. The van der Waals surface area contributed by atoms with Gasteiger partial charge in [0.1, 0.15) is 0 Å². The first-order chi connectivity index (χ1) is 5.91. The van der Waals surface area contributed by atoms with Crippen LogP contribution in [-0.4, -0.2) is 35.9 Å². The highest BCUT2D eigenvalue weighted by Gasteiger charge is 2.05. The van der Waals surface area contributed by atoms with Gasteiger partial charge in [0.05, 0.1) is 25.0 Å². The van der Waals surface area contributed by atoms with Crippen molar-refractivity contribution in [1.29, 1.82) is 0 Å². The van der Waals surface area contributed by atoms with Crippen molar-refractivity contribution in [3.8, 4) is 0 Å². The van der Waals surface area contributed by atoms with Crippen LogP contribution in [-0.2, 0) is 14.4 Å². The van der Waals surface area contributed by atoms with Gasteiger partial charge in [-0.25, -0.2) is 5.01 Å². The Labute approximate surface area is 73.9 Å². The number of hydrogen-bond acceptors (Lipinski definition) is 6. The maximum Gasteiger partial charge on any atom is 0.231 e. The van der Waals surface area contributed by atoms with Gasteiger partial charge in [-0.3, -0.25) is 10.2 Å². The second-order valence-corrected chi connectivity index (χ2v) is 2.27. The Morgan fingerprint density at radius 3 is 1.77 bits per heavy atom. The van der Waals surface area contributed by atoms with Crippen molar-refractivity contribution in [2.75, 3.05) is 13.1 Å². The summed E-state index contributed by atoms with van der Waals surface area (Å²) >= 11 is 0. The van der Waals surface area contributed by atoms with Gasteiger partial charge in [0.15, 0.2) is 0 Å². The molecule has 0 aliphatic rings. The van der Waals surface area contributed by atoms with Crippen LogP contribution in [0, 0.1) is 0 Å². The molecule has 0 aliphatic heterocycles. The predicted molar refractivity (Wildman–Crippen MR) is 35.4 cm³/mol. The quantitative estimate of drug-likeness (QED) is 0.438. The minimum Gasteiger partial charge on any atom is -0.549 e. The van der Waals surface area contributed by atoms with Gasteiger partial charge in [-0.05, 0) is 0 Å². The molecule has 0 aromatic rings. The van der Waals surface area contributed by atoms with Gasteiger partial charge in [-0.2, -0.15) is 0 Å². The fraction of sp³-hybridized carbons (Fsp3) is 0.500. The first kappa shape index (κ1) is 11.4. The highest BCUT2D eigenvalue weighted by atomic mass is 16.4. The average molecular weight is 188 g/mol. The summed E-state index contributed by atoms with van der Waals surface area (Å²) in [6.45, 7) is -0.279. The summed E-state index contributed by atoms with van der Waals surface area (Å²) in [5.41, 5.74) is 2.00. The predicted octanol–water partition coefficient (Wildman–Crippen LogP) is -4.16. The molecule has 7 heteroatoms. The summed E-state index contributed by atoms with van der Waals surface area (Å²) in [7, 11) is 0. The topological polar surface area (TPSA) is 113 Å². The Hall–Kier alpha value is -1.63. The van der Waals surface area contributed by atoms with Gasteiger partial charge in [-0.15, -0.1) is 0 Å². The number of hydrogen-bond donors (Lipinski definition) is 1. The molecule has 0 aliphatic carbocycles. The van der Waals surface area contributed by atoms with Gasteiger partial charge >= 0.3 is 0 Å². The molecule has 74 valence electrons. The van der Waals surface area contributed by atoms with Crippen molar-refractivity contribution in [1.82, 2.24) is 10.4 Å². The number of carbonyl (C=O) groups is 3. The highest BCUT2D eigenvalue weighted by Crippen LogP contribution is 1.80. The lowest BCUT2D eigenvalue weighted by Crippen LogP contribution is -2.51. The lowest BCUT2D eigenvalue weighted by atomic mass is 10.5. The van der Waals surface area contributed by atoms with Crippen LogP contribution >= 0.6 is 0 Å². The number of nitrogens with one attached hydrogen (secondary N) is 1. The number of carboxylic acid groups (broad SMARTS) is 2. The molecular formula is C6H8N2O5-2. The van der Waals surface area contributed by atoms with E-state index in [2.05, 4.69) is 0 Å². The van der Waals surface area contributed by atoms with Crippen molar-refractivity contribution in [2.45, 2.75) is 6.92 Å². The fourth-order valence-electron chi connectivity index (χ4n) is 0.669. The molecule has 0 atom stereocenters. The number of rotatable bonds is 5. The van der Waals surface area contributed by atoms with E-state index in [4.69, 9.17) is 0 Å². The molecule has 1 amide bonds. The normalized spacial score (nSPS) is 9.69. The zero-order valence-electron chi connectivity index (χ0n) is 6.90. The summed E-state index contributed by atoms with van der Waals surface area (Å²) in [6.07, 6.45) is 0. The Bertz CT molecular complexity index is 189. The van der Waals surface area contributed by atoms with Crippen LogP contribution in [0.5, 0.6) is 0 Å². The molecule has 0 fully saturated rings. The number of carbonyl (C=O) groups excluding carboxylic acids is 3. The minimum absolute atomic E-state index is 0.567. The Balaban J connectivity index is 4.10. The van der Waals surface area contributed by atoms with E-state index in [1.165, 1.54) is 0 Å². The molecule has 0 unspecified atom stereocenters. The standard InChI is InChI=1S/C6H10N2O5/c1-4(9)7-8(2-5(10)11)3-6(12)13/h2-3H2,1H3,(H,7,9)(H,10,11)(H,12,13)/p-2. The number of amides is 1. The van der Waals surface area contributed by atoms with Crippen molar-refractivity contribution < 1.29 is 24.6 Å². The summed E-state index contributed by atoms with van der Waals surface area (Å²) in [5, 5.41) is 20.8. The molecule has 0 saturated carbocycles. The van der Waals surface area contributed by atoms with Crippen LogP contribution in [0.4, 0.5) is 0 Å². The fourth-order valence-corrected chi connectivity index (χ4v) is 0.669. The molecule has 0 spiro atoms. The maximum atomic E-state index is 10.4. The summed E-state index contributed by atoms with van der Waals surface area (Å²) in [6, 6.07) is 0.